The Bertz CT molecular complexity index is 843. The number of nitrogens with two attached hydrogens (primary N) is 1. The number of hydrogen-bond donors (Lipinski definition) is 6. The zero-order valence-electron chi connectivity index (χ0n) is 11.8. The number of aromatic hydroxyl groups is 2. The molecule has 1 atom stereocenters. The Morgan fingerprint density at radius 3 is 2.61 bits per heavy atom. The summed E-state index contributed by atoms with van der Waals surface area (Å²) in [5.41, 5.74) is 9.98. The van der Waals surface area contributed by atoms with Gasteiger partial charge in [0.2, 0.25) is 23.6 Å². The molecule has 0 radical (unpaired) electrons. The van der Waals surface area contributed by atoms with E-state index in [4.69, 9.17) is 11.4 Å². The maximum Gasteiger partial charge on any atom is 0.249 e. The fourth-order valence-electron chi connectivity index (χ4n) is 2.83. The maximum absolute atomic E-state index is 12.0. The lowest BCUT2D eigenvalue weighted by Gasteiger charge is -2.23. The summed E-state index contributed by atoms with van der Waals surface area (Å²) in [6.07, 6.45) is 0.215. The second-order valence-corrected chi connectivity index (χ2v) is 5.12. The van der Waals surface area contributed by atoms with E-state index < -0.39 is 29.6 Å². The van der Waals surface area contributed by atoms with E-state index in [0.717, 1.165) is 4.57 Å². The van der Waals surface area contributed by atoms with Gasteiger partial charge in [-0.15, -0.1) is 0 Å². The lowest BCUT2D eigenvalue weighted by molar-refractivity contribution is -0.135. The summed E-state index contributed by atoms with van der Waals surface area (Å²) in [6, 6.07) is 1.98. The number of hydrogen-bond acceptors (Lipinski definition) is 8. The van der Waals surface area contributed by atoms with Crippen molar-refractivity contribution in [2.75, 3.05) is 5.43 Å². The van der Waals surface area contributed by atoms with Gasteiger partial charge in [-0.2, -0.15) is 5.11 Å². The topological polar surface area (TPSA) is 166 Å². The van der Waals surface area contributed by atoms with Crippen LogP contribution in [0, 0.1) is 5.53 Å². The Morgan fingerprint density at radius 2 is 2.00 bits per heavy atom. The molecule has 1 aromatic heterocycles. The minimum Gasteiger partial charge on any atom is -0.494 e. The van der Waals surface area contributed by atoms with Crippen LogP contribution in [0.3, 0.4) is 0 Å². The number of nitrogens with zero attached hydrogens (tertiary/aromatic N) is 2. The molecule has 7 N–H and O–H groups in total. The zero-order valence-corrected chi connectivity index (χ0v) is 11.8. The third kappa shape index (κ3) is 2.07. The summed E-state index contributed by atoms with van der Waals surface area (Å²) >= 11 is 0. The van der Waals surface area contributed by atoms with Gasteiger partial charge in [0.1, 0.15) is 6.04 Å². The van der Waals surface area contributed by atoms with Crippen molar-refractivity contribution >= 4 is 34.0 Å². The number of benzene rings is 1. The summed E-state index contributed by atoms with van der Waals surface area (Å²) in [4.78, 5) is 23.3. The van der Waals surface area contributed by atoms with E-state index in [1.165, 1.54) is 12.1 Å². The number of imide groups is 1. The lowest BCUT2D eigenvalue weighted by atomic mass is 10.1. The molecule has 1 unspecified atom stereocenters. The number of nitrogen functional groups attached to an aromatic ring is 1. The van der Waals surface area contributed by atoms with E-state index in [1.54, 1.807) is 0 Å². The van der Waals surface area contributed by atoms with Crippen LogP contribution in [-0.2, 0) is 9.59 Å². The van der Waals surface area contributed by atoms with E-state index in [-0.39, 0.29) is 29.3 Å². The predicted octanol–water partition coefficient (Wildman–Crippen LogP) is 0.978. The van der Waals surface area contributed by atoms with Gasteiger partial charge in [0.15, 0.2) is 0 Å². The average Bonchev–Trinajstić information content (AvgIpc) is 2.79. The van der Waals surface area contributed by atoms with Crippen molar-refractivity contribution in [1.82, 2.24) is 9.88 Å². The van der Waals surface area contributed by atoms with E-state index in [9.17, 15) is 19.8 Å². The van der Waals surface area contributed by atoms with Crippen LogP contribution >= 0.6 is 0 Å². The number of fused-ring (bicyclic) bond motifs is 1. The maximum atomic E-state index is 12.0. The second kappa shape index (κ2) is 5.25. The summed E-state index contributed by atoms with van der Waals surface area (Å²) < 4.78 is 1.02. The van der Waals surface area contributed by atoms with Gasteiger partial charge in [-0.05, 0) is 18.6 Å². The van der Waals surface area contributed by atoms with Crippen LogP contribution in [0.2, 0.25) is 0 Å². The highest BCUT2D eigenvalue weighted by Crippen LogP contribution is 2.47. The number of carbonyl (C=O) groups is 2. The van der Waals surface area contributed by atoms with E-state index >= 15 is 0 Å². The van der Waals surface area contributed by atoms with Gasteiger partial charge in [0.05, 0.1) is 22.1 Å². The molecule has 3 rings (SSSR count). The summed E-state index contributed by atoms with van der Waals surface area (Å²) in [7, 11) is 0. The summed E-state index contributed by atoms with van der Waals surface area (Å²) in [6.45, 7) is 0. The van der Waals surface area contributed by atoms with Crippen LogP contribution in [0.5, 0.6) is 11.8 Å². The molecule has 1 aromatic carbocycles. The van der Waals surface area contributed by atoms with E-state index in [1.807, 2.05) is 0 Å². The standard InChI is InChI=1S/C13H14N6O4/c14-17-5-1-2-6(18-15)10-9(5)12(22)19(13(10)23)7-3-4-8(20)16-11(7)21/h1-2,7,14,18,22-23H,3-4,15H2,(H,16,20,21). The first-order chi connectivity index (χ1) is 11.0. The molecular formula is C13H14N6O4. The summed E-state index contributed by atoms with van der Waals surface area (Å²) in [5.74, 6) is 3.55. The Labute approximate surface area is 129 Å². The molecule has 120 valence electrons. The summed E-state index contributed by atoms with van der Waals surface area (Å²) in [5, 5.41) is 26.6. The lowest BCUT2D eigenvalue weighted by Crippen LogP contribution is -2.41. The Kier molecular flexibility index (Phi) is 3.37. The molecule has 23 heavy (non-hydrogen) atoms. The highest BCUT2D eigenvalue weighted by Gasteiger charge is 2.34. The van der Waals surface area contributed by atoms with E-state index in [0.29, 0.717) is 5.69 Å². The first kappa shape index (κ1) is 14.8. The molecule has 2 aromatic rings. The quantitative estimate of drug-likeness (QED) is 0.213. The molecular weight excluding hydrogens is 304 g/mol. The molecule has 0 spiro atoms. The number of amides is 2. The van der Waals surface area contributed by atoms with Crippen molar-refractivity contribution in [3.8, 4) is 11.8 Å². The van der Waals surface area contributed by atoms with E-state index in [2.05, 4.69) is 15.9 Å². The molecule has 0 saturated carbocycles. The monoisotopic (exact) mass is 318 g/mol. The average molecular weight is 318 g/mol. The SMILES string of the molecule is N=Nc1ccc(NN)c2c(O)n(C3CCC(=O)NC3=O)c(O)c12. The number of hydrazine groups is 1. The number of anilines is 1. The van der Waals surface area contributed by atoms with Crippen LogP contribution in [0.1, 0.15) is 18.9 Å². The fourth-order valence-corrected chi connectivity index (χ4v) is 2.83. The minimum absolute atomic E-state index is 0.0848. The number of rotatable bonds is 3. The normalized spacial score (nSPS) is 18.0. The highest BCUT2D eigenvalue weighted by molar-refractivity contribution is 6.09. The van der Waals surface area contributed by atoms with Crippen molar-refractivity contribution in [1.29, 1.82) is 5.53 Å². The van der Waals surface area contributed by atoms with Crippen LogP contribution in [-0.4, -0.2) is 26.6 Å². The highest BCUT2D eigenvalue weighted by atomic mass is 16.3. The number of carbonyl (C=O) groups excluding carboxylic acids is 2. The Balaban J connectivity index is 2.28. The Hall–Kier alpha value is -3.14. The zero-order chi connectivity index (χ0) is 16.7. The number of aromatic nitrogens is 1. The molecule has 1 saturated heterocycles. The molecule has 2 heterocycles. The van der Waals surface area contributed by atoms with Gasteiger partial charge in [-0.25, -0.2) is 5.53 Å². The molecule has 0 bridgehead atoms. The fraction of sp³-hybridized carbons (Fsp3) is 0.231. The largest absolute Gasteiger partial charge is 0.494 e. The van der Waals surface area contributed by atoms with Crippen LogP contribution in [0.15, 0.2) is 17.2 Å². The van der Waals surface area contributed by atoms with Gasteiger partial charge < -0.3 is 15.6 Å². The molecule has 0 aliphatic carbocycles. The third-order valence-electron chi connectivity index (χ3n) is 3.88. The van der Waals surface area contributed by atoms with Crippen molar-refractivity contribution < 1.29 is 19.8 Å². The minimum atomic E-state index is -0.954. The predicted molar refractivity (Wildman–Crippen MR) is 79.3 cm³/mol. The van der Waals surface area contributed by atoms with Gasteiger partial charge in [0.25, 0.3) is 0 Å². The van der Waals surface area contributed by atoms with Crippen LogP contribution in [0.4, 0.5) is 11.4 Å². The van der Waals surface area contributed by atoms with Gasteiger partial charge >= 0.3 is 0 Å². The molecule has 10 nitrogen and oxygen atoms in total. The van der Waals surface area contributed by atoms with Gasteiger partial charge in [-0.1, -0.05) is 0 Å². The van der Waals surface area contributed by atoms with Crippen molar-refractivity contribution in [2.45, 2.75) is 18.9 Å². The van der Waals surface area contributed by atoms with Gasteiger partial charge in [-0.3, -0.25) is 25.3 Å². The van der Waals surface area contributed by atoms with Crippen molar-refractivity contribution in [3.05, 3.63) is 12.1 Å². The second-order valence-electron chi connectivity index (χ2n) is 5.12. The van der Waals surface area contributed by atoms with Gasteiger partial charge in [0, 0.05) is 6.42 Å². The Morgan fingerprint density at radius 1 is 1.30 bits per heavy atom. The van der Waals surface area contributed by atoms with Crippen LogP contribution in [0.25, 0.3) is 10.8 Å². The van der Waals surface area contributed by atoms with Crippen LogP contribution < -0.4 is 16.6 Å². The molecule has 2 amide bonds. The van der Waals surface area contributed by atoms with Crippen molar-refractivity contribution in [2.24, 2.45) is 11.0 Å². The first-order valence-corrected chi connectivity index (χ1v) is 6.76. The number of piperidine rings is 1. The molecule has 1 aliphatic rings. The molecule has 1 aliphatic heterocycles. The number of nitrogens with one attached hydrogen (secondary N) is 3. The third-order valence-corrected chi connectivity index (χ3v) is 3.88. The molecule has 10 heteroatoms. The molecule has 1 fully saturated rings. The smallest absolute Gasteiger partial charge is 0.249 e. The first-order valence-electron chi connectivity index (χ1n) is 6.76. The van der Waals surface area contributed by atoms with Crippen molar-refractivity contribution in [3.63, 3.8) is 0 Å².